The van der Waals surface area contributed by atoms with Gasteiger partial charge in [0, 0.05) is 23.8 Å². The van der Waals surface area contributed by atoms with Gasteiger partial charge in [-0.3, -0.25) is 4.79 Å². The van der Waals surface area contributed by atoms with Crippen LogP contribution in [0.1, 0.15) is 33.1 Å². The van der Waals surface area contributed by atoms with Crippen LogP contribution in [0, 0.1) is 11.2 Å². The second-order valence-electron chi connectivity index (χ2n) is 7.75. The molecule has 1 amide bonds. The lowest BCUT2D eigenvalue weighted by atomic mass is 9.87. The molecule has 1 N–H and O–H groups in total. The third-order valence-electron chi connectivity index (χ3n) is 4.44. The van der Waals surface area contributed by atoms with Crippen LogP contribution in [0.25, 0.3) is 11.4 Å². The average Bonchev–Trinajstić information content (AvgIpc) is 3.35. The summed E-state index contributed by atoms with van der Waals surface area (Å²) in [5.74, 6) is 0.522. The highest BCUT2D eigenvalue weighted by molar-refractivity contribution is 7.08. The summed E-state index contributed by atoms with van der Waals surface area (Å²) < 4.78 is 24.6. The quantitative estimate of drug-likeness (QED) is 0.585. The van der Waals surface area contributed by atoms with Gasteiger partial charge in [0.1, 0.15) is 6.61 Å². The van der Waals surface area contributed by atoms with Gasteiger partial charge < -0.3 is 14.6 Å². The molecule has 0 bridgehead atoms. The number of hydrogen-bond donors (Lipinski definition) is 1. The van der Waals surface area contributed by atoms with Crippen molar-refractivity contribution in [2.45, 2.75) is 39.7 Å². The van der Waals surface area contributed by atoms with Gasteiger partial charge in [0.05, 0.1) is 6.04 Å². The number of halogens is 1. The van der Waals surface area contributed by atoms with E-state index in [2.05, 4.69) is 15.5 Å². The van der Waals surface area contributed by atoms with Gasteiger partial charge >= 0.3 is 0 Å². The van der Waals surface area contributed by atoms with E-state index in [0.29, 0.717) is 18.1 Å². The van der Waals surface area contributed by atoms with Crippen molar-refractivity contribution in [3.63, 3.8) is 0 Å². The molecule has 0 aliphatic heterocycles. The van der Waals surface area contributed by atoms with Crippen molar-refractivity contribution >= 4 is 17.2 Å². The predicted octanol–water partition coefficient (Wildman–Crippen LogP) is 4.48. The zero-order valence-electron chi connectivity index (χ0n) is 16.6. The Morgan fingerprint density at radius 2 is 2.10 bits per heavy atom. The summed E-state index contributed by atoms with van der Waals surface area (Å²) in [5, 5.41) is 10.8. The van der Waals surface area contributed by atoms with Crippen LogP contribution >= 0.6 is 11.3 Å². The average molecular weight is 418 g/mol. The first kappa shape index (κ1) is 21.0. The lowest BCUT2D eigenvalue weighted by Gasteiger charge is -2.31. The first-order valence-corrected chi connectivity index (χ1v) is 10.3. The maximum Gasteiger partial charge on any atom is 0.227 e. The van der Waals surface area contributed by atoms with Crippen LogP contribution in [-0.4, -0.2) is 28.7 Å². The molecule has 0 saturated carbocycles. The molecule has 8 heteroatoms. The third-order valence-corrected chi connectivity index (χ3v) is 5.12. The van der Waals surface area contributed by atoms with Crippen LogP contribution < -0.4 is 10.1 Å². The minimum absolute atomic E-state index is 0.155. The van der Waals surface area contributed by atoms with Crippen LogP contribution in [0.3, 0.4) is 0 Å². The highest BCUT2D eigenvalue weighted by atomic mass is 32.1. The Morgan fingerprint density at radius 3 is 2.79 bits per heavy atom. The number of hydrogen-bond acceptors (Lipinski definition) is 6. The number of carbonyl (C=O) groups is 1. The number of aryl methyl sites for hydroxylation is 1. The Balaban J connectivity index is 1.54. The van der Waals surface area contributed by atoms with Crippen LogP contribution in [0.5, 0.6) is 5.75 Å². The SMILES string of the molecule is CC(C)(C)C(COc1ccccc1F)NC(=O)CCc1nc(-c2ccsc2)no1. The fraction of sp³-hybridized carbons (Fsp3) is 0.381. The topological polar surface area (TPSA) is 77.2 Å². The first-order chi connectivity index (χ1) is 13.8. The molecule has 0 fully saturated rings. The second kappa shape index (κ2) is 9.17. The summed E-state index contributed by atoms with van der Waals surface area (Å²) in [7, 11) is 0. The summed E-state index contributed by atoms with van der Waals surface area (Å²) >= 11 is 1.55. The van der Waals surface area contributed by atoms with E-state index in [4.69, 9.17) is 9.26 Å². The fourth-order valence-corrected chi connectivity index (χ4v) is 3.23. The second-order valence-corrected chi connectivity index (χ2v) is 8.53. The molecule has 1 aromatic carbocycles. The zero-order chi connectivity index (χ0) is 20.9. The molecule has 154 valence electrons. The highest BCUT2D eigenvalue weighted by Gasteiger charge is 2.27. The Bertz CT molecular complexity index is 935. The van der Waals surface area contributed by atoms with Gasteiger partial charge in [0.15, 0.2) is 11.6 Å². The van der Waals surface area contributed by atoms with Crippen molar-refractivity contribution in [1.29, 1.82) is 0 Å². The van der Waals surface area contributed by atoms with Crippen LogP contribution in [0.15, 0.2) is 45.6 Å². The van der Waals surface area contributed by atoms with E-state index in [1.54, 1.807) is 29.5 Å². The zero-order valence-corrected chi connectivity index (χ0v) is 17.5. The molecule has 0 aliphatic rings. The number of rotatable bonds is 8. The smallest absolute Gasteiger partial charge is 0.227 e. The lowest BCUT2D eigenvalue weighted by Crippen LogP contribution is -2.47. The van der Waals surface area contributed by atoms with Crippen LogP contribution in [0.2, 0.25) is 0 Å². The van der Waals surface area contributed by atoms with Crippen molar-refractivity contribution < 1.29 is 18.4 Å². The number of benzene rings is 1. The third kappa shape index (κ3) is 5.87. The molecular formula is C21H24FN3O3S. The Kier molecular flexibility index (Phi) is 6.64. The molecule has 29 heavy (non-hydrogen) atoms. The Morgan fingerprint density at radius 1 is 1.31 bits per heavy atom. The summed E-state index contributed by atoms with van der Waals surface area (Å²) in [5.41, 5.74) is 0.630. The molecule has 3 aromatic rings. The van der Waals surface area contributed by atoms with E-state index in [9.17, 15) is 9.18 Å². The summed E-state index contributed by atoms with van der Waals surface area (Å²) in [4.78, 5) is 16.8. The lowest BCUT2D eigenvalue weighted by molar-refractivity contribution is -0.123. The highest BCUT2D eigenvalue weighted by Crippen LogP contribution is 2.23. The monoisotopic (exact) mass is 417 g/mol. The number of ether oxygens (including phenoxy) is 1. The van der Waals surface area contributed by atoms with E-state index in [-0.39, 0.29) is 36.1 Å². The van der Waals surface area contributed by atoms with Gasteiger partial charge in [-0.05, 0) is 29.0 Å². The number of para-hydroxylation sites is 1. The molecule has 0 spiro atoms. The van der Waals surface area contributed by atoms with Crippen molar-refractivity contribution in [2.24, 2.45) is 5.41 Å². The van der Waals surface area contributed by atoms with Gasteiger partial charge in [0.25, 0.3) is 0 Å². The van der Waals surface area contributed by atoms with E-state index < -0.39 is 5.82 Å². The molecule has 1 atom stereocenters. The van der Waals surface area contributed by atoms with Crippen LogP contribution in [0.4, 0.5) is 4.39 Å². The van der Waals surface area contributed by atoms with E-state index in [0.717, 1.165) is 5.56 Å². The molecule has 3 rings (SSSR count). The predicted molar refractivity (Wildman–Crippen MR) is 109 cm³/mol. The minimum atomic E-state index is -0.427. The number of amides is 1. The van der Waals surface area contributed by atoms with Crippen molar-refractivity contribution in [3.05, 3.63) is 52.8 Å². The van der Waals surface area contributed by atoms with Crippen LogP contribution in [-0.2, 0) is 11.2 Å². The summed E-state index contributed by atoms with van der Waals surface area (Å²) in [6.07, 6.45) is 0.547. The van der Waals surface area contributed by atoms with Crippen molar-refractivity contribution in [1.82, 2.24) is 15.5 Å². The Hall–Kier alpha value is -2.74. The van der Waals surface area contributed by atoms with Gasteiger partial charge in [-0.25, -0.2) is 4.39 Å². The maximum absolute atomic E-state index is 13.8. The minimum Gasteiger partial charge on any atom is -0.488 e. The Labute approximate surface area is 173 Å². The van der Waals surface area contributed by atoms with Crippen molar-refractivity contribution in [2.75, 3.05) is 6.61 Å². The number of thiophene rings is 1. The van der Waals surface area contributed by atoms with E-state index in [1.807, 2.05) is 37.6 Å². The van der Waals surface area contributed by atoms with Crippen molar-refractivity contribution in [3.8, 4) is 17.1 Å². The van der Waals surface area contributed by atoms with Gasteiger partial charge in [-0.1, -0.05) is 38.1 Å². The van der Waals surface area contributed by atoms with E-state index >= 15 is 0 Å². The largest absolute Gasteiger partial charge is 0.488 e. The molecule has 0 aliphatic carbocycles. The molecule has 2 heterocycles. The van der Waals surface area contributed by atoms with Gasteiger partial charge in [-0.2, -0.15) is 16.3 Å². The number of aromatic nitrogens is 2. The standard InChI is InChI=1S/C21H24FN3O3S/c1-21(2,3)17(12-27-16-7-5-4-6-15(16)22)23-18(26)8-9-19-24-20(25-28-19)14-10-11-29-13-14/h4-7,10-11,13,17H,8-9,12H2,1-3H3,(H,23,26). The normalized spacial score (nSPS) is 12.6. The first-order valence-electron chi connectivity index (χ1n) is 9.35. The summed E-state index contributed by atoms with van der Waals surface area (Å²) in [6.45, 7) is 6.15. The summed E-state index contributed by atoms with van der Waals surface area (Å²) in [6, 6.07) is 7.84. The molecule has 1 unspecified atom stereocenters. The molecule has 0 radical (unpaired) electrons. The fourth-order valence-electron chi connectivity index (χ4n) is 2.60. The number of carbonyl (C=O) groups excluding carboxylic acids is 1. The van der Waals surface area contributed by atoms with Gasteiger partial charge in [-0.15, -0.1) is 0 Å². The van der Waals surface area contributed by atoms with Gasteiger partial charge in [0.2, 0.25) is 17.6 Å². The molecular weight excluding hydrogens is 393 g/mol. The maximum atomic E-state index is 13.8. The molecule has 2 aromatic heterocycles. The number of nitrogens with zero attached hydrogens (tertiary/aromatic N) is 2. The van der Waals surface area contributed by atoms with E-state index in [1.165, 1.54) is 6.07 Å². The molecule has 0 saturated heterocycles. The number of nitrogens with one attached hydrogen (secondary N) is 1. The molecule has 6 nitrogen and oxygen atoms in total.